The highest BCUT2D eigenvalue weighted by Gasteiger charge is 2.48. The second-order valence-electron chi connectivity index (χ2n) is 4.67. The van der Waals surface area contributed by atoms with Gasteiger partial charge in [-0.05, 0) is 24.3 Å². The molecule has 2 heterocycles. The summed E-state index contributed by atoms with van der Waals surface area (Å²) in [7, 11) is -1.37. The van der Waals surface area contributed by atoms with Crippen LogP contribution in [0.1, 0.15) is 0 Å². The number of benzene rings is 1. The lowest BCUT2D eigenvalue weighted by Crippen LogP contribution is -2.37. The lowest BCUT2D eigenvalue weighted by atomic mass is 10.2. The Bertz CT molecular complexity index is 618. The van der Waals surface area contributed by atoms with E-state index >= 15 is 0 Å². The van der Waals surface area contributed by atoms with Crippen LogP contribution in [0.2, 0.25) is 0 Å². The monoisotopic (exact) mass is 378 g/mol. The number of amidine groups is 1. The van der Waals surface area contributed by atoms with Crippen molar-refractivity contribution in [1.29, 1.82) is 5.41 Å². The first-order valence-electron chi connectivity index (χ1n) is 5.89. The molecule has 20 heavy (non-hydrogen) atoms. The third kappa shape index (κ3) is 2.68. The van der Waals surface area contributed by atoms with Gasteiger partial charge in [0, 0.05) is 10.9 Å². The number of ether oxygens (including phenoxy) is 1. The van der Waals surface area contributed by atoms with Crippen LogP contribution in [0.4, 0.5) is 5.69 Å². The number of nitrogens with zero attached hydrogens (tertiary/aromatic N) is 1. The van der Waals surface area contributed by atoms with Crippen LogP contribution >= 0.6 is 28.7 Å². The first-order chi connectivity index (χ1) is 9.00. The normalized spacial score (nSPS) is 27.1. The van der Waals surface area contributed by atoms with Crippen LogP contribution in [0, 0.1) is 5.41 Å². The zero-order valence-corrected chi connectivity index (χ0v) is 14.1. The number of rotatable bonds is 2. The second-order valence-corrected chi connectivity index (χ2v) is 8.06. The number of fused-ring (bicyclic) bond motifs is 1. The maximum Gasteiger partial charge on any atom is 0.161 e. The quantitative estimate of drug-likeness (QED) is 0.850. The zero-order chi connectivity index (χ0) is 13.6. The summed E-state index contributed by atoms with van der Waals surface area (Å²) >= 11 is 1.35. The van der Waals surface area contributed by atoms with Crippen molar-refractivity contribution in [3.63, 3.8) is 0 Å². The van der Waals surface area contributed by atoms with Gasteiger partial charge in [0.25, 0.3) is 0 Å². The first kappa shape index (κ1) is 15.7. The molecule has 1 aromatic rings. The molecule has 0 spiro atoms. The topological polar surface area (TPSA) is 70.5 Å². The van der Waals surface area contributed by atoms with Gasteiger partial charge in [-0.15, -0.1) is 17.0 Å². The van der Waals surface area contributed by atoms with Crippen LogP contribution in [-0.2, 0) is 9.84 Å². The van der Waals surface area contributed by atoms with Crippen molar-refractivity contribution in [2.45, 2.75) is 11.3 Å². The molecule has 8 heteroatoms. The number of anilines is 1. The van der Waals surface area contributed by atoms with Crippen molar-refractivity contribution < 1.29 is 13.2 Å². The van der Waals surface area contributed by atoms with Crippen molar-refractivity contribution >= 4 is 49.4 Å². The average Bonchev–Trinajstić information content (AvgIpc) is 2.79. The van der Waals surface area contributed by atoms with Crippen LogP contribution in [-0.4, -0.2) is 43.5 Å². The van der Waals surface area contributed by atoms with E-state index in [1.54, 1.807) is 7.11 Å². The molecule has 2 aliphatic heterocycles. The number of sulfone groups is 1. The molecule has 2 fully saturated rings. The molecule has 2 aliphatic rings. The number of thioether (sulfide) groups is 1. The van der Waals surface area contributed by atoms with Crippen molar-refractivity contribution in [2.24, 2.45) is 0 Å². The van der Waals surface area contributed by atoms with Crippen LogP contribution in [0.5, 0.6) is 5.75 Å². The Morgan fingerprint density at radius 3 is 2.55 bits per heavy atom. The molecule has 5 nitrogen and oxygen atoms in total. The van der Waals surface area contributed by atoms with Crippen LogP contribution < -0.4 is 9.64 Å². The molecule has 0 amide bonds. The van der Waals surface area contributed by atoms with E-state index in [0.29, 0.717) is 5.17 Å². The summed E-state index contributed by atoms with van der Waals surface area (Å²) in [6.45, 7) is 0. The van der Waals surface area contributed by atoms with E-state index in [2.05, 4.69) is 0 Å². The van der Waals surface area contributed by atoms with Crippen LogP contribution in [0.25, 0.3) is 0 Å². The molecule has 2 atom stereocenters. The standard InChI is InChI=1S/C12H14N2O3S2.BrH/c1-17-9-4-2-8(3-5-9)14-10-6-19(15,16)7-11(10)18-12(14)13;/h2-5,10-11,13H,6-7H2,1H3;1H. The van der Waals surface area contributed by atoms with Crippen molar-refractivity contribution in [2.75, 3.05) is 23.5 Å². The minimum absolute atomic E-state index is 0. The Balaban J connectivity index is 0.00000147. The minimum atomic E-state index is -2.97. The molecule has 2 unspecified atom stereocenters. The highest BCUT2D eigenvalue weighted by atomic mass is 79.9. The Morgan fingerprint density at radius 1 is 1.30 bits per heavy atom. The van der Waals surface area contributed by atoms with E-state index in [1.807, 2.05) is 29.2 Å². The van der Waals surface area contributed by atoms with E-state index < -0.39 is 9.84 Å². The maximum absolute atomic E-state index is 11.7. The van der Waals surface area contributed by atoms with Gasteiger partial charge < -0.3 is 9.64 Å². The fourth-order valence-corrected chi connectivity index (χ4v) is 6.35. The highest BCUT2D eigenvalue weighted by molar-refractivity contribution is 8.93. The molecule has 2 saturated heterocycles. The molecule has 0 aliphatic carbocycles. The summed E-state index contributed by atoms with van der Waals surface area (Å²) in [6.07, 6.45) is 0. The summed E-state index contributed by atoms with van der Waals surface area (Å²) in [6, 6.07) is 7.26. The van der Waals surface area contributed by atoms with E-state index in [9.17, 15) is 8.42 Å². The van der Waals surface area contributed by atoms with Crippen LogP contribution in [0.3, 0.4) is 0 Å². The lowest BCUT2D eigenvalue weighted by Gasteiger charge is -2.23. The molecule has 0 saturated carbocycles. The fourth-order valence-electron chi connectivity index (χ4n) is 2.55. The first-order valence-corrected chi connectivity index (χ1v) is 8.59. The third-order valence-electron chi connectivity index (χ3n) is 3.44. The van der Waals surface area contributed by atoms with Gasteiger partial charge in [-0.1, -0.05) is 11.8 Å². The number of hydrogen-bond acceptors (Lipinski definition) is 5. The summed E-state index contributed by atoms with van der Waals surface area (Å²) in [5.74, 6) is 1.06. The van der Waals surface area contributed by atoms with Crippen molar-refractivity contribution in [3.8, 4) is 5.75 Å². The van der Waals surface area contributed by atoms with Crippen molar-refractivity contribution in [1.82, 2.24) is 0 Å². The predicted molar refractivity (Wildman–Crippen MR) is 87.3 cm³/mol. The predicted octanol–water partition coefficient (Wildman–Crippen LogP) is 1.93. The molecule has 1 N–H and O–H groups in total. The minimum Gasteiger partial charge on any atom is -0.497 e. The Morgan fingerprint density at radius 2 is 1.95 bits per heavy atom. The number of hydrogen-bond donors (Lipinski definition) is 1. The number of halogens is 1. The highest BCUT2D eigenvalue weighted by Crippen LogP contribution is 2.40. The largest absolute Gasteiger partial charge is 0.497 e. The van der Waals surface area contributed by atoms with Gasteiger partial charge >= 0.3 is 0 Å². The summed E-state index contributed by atoms with van der Waals surface area (Å²) in [5, 5.41) is 8.44. The average molecular weight is 379 g/mol. The smallest absolute Gasteiger partial charge is 0.161 e. The number of methoxy groups -OCH3 is 1. The van der Waals surface area contributed by atoms with Crippen LogP contribution in [0.15, 0.2) is 24.3 Å². The summed E-state index contributed by atoms with van der Waals surface area (Å²) in [4.78, 5) is 1.82. The Hall–Kier alpha value is -0.730. The Labute approximate surface area is 132 Å². The zero-order valence-electron chi connectivity index (χ0n) is 10.8. The molecular formula is C12H15BrN2O3S2. The van der Waals surface area contributed by atoms with Gasteiger partial charge in [-0.25, -0.2) is 8.42 Å². The third-order valence-corrected chi connectivity index (χ3v) is 6.57. The van der Waals surface area contributed by atoms with E-state index in [-0.39, 0.29) is 39.8 Å². The molecule has 0 bridgehead atoms. The second kappa shape index (κ2) is 5.57. The molecule has 3 rings (SSSR count). The van der Waals surface area contributed by atoms with Crippen molar-refractivity contribution in [3.05, 3.63) is 24.3 Å². The number of nitrogens with one attached hydrogen (secondary N) is 1. The van der Waals surface area contributed by atoms with Gasteiger partial charge in [0.05, 0.1) is 24.7 Å². The van der Waals surface area contributed by atoms with Gasteiger partial charge in [0.15, 0.2) is 15.0 Å². The van der Waals surface area contributed by atoms with Gasteiger partial charge in [-0.2, -0.15) is 0 Å². The molecule has 1 aromatic carbocycles. The lowest BCUT2D eigenvalue weighted by molar-refractivity contribution is 0.415. The fraction of sp³-hybridized carbons (Fsp3) is 0.417. The molecular weight excluding hydrogens is 364 g/mol. The maximum atomic E-state index is 11.7. The molecule has 110 valence electrons. The van der Waals surface area contributed by atoms with Gasteiger partial charge in [0.1, 0.15) is 5.75 Å². The summed E-state index contributed by atoms with van der Waals surface area (Å²) in [5.41, 5.74) is 0.850. The molecule has 0 radical (unpaired) electrons. The van der Waals surface area contributed by atoms with E-state index in [4.69, 9.17) is 10.1 Å². The Kier molecular flexibility index (Phi) is 4.36. The van der Waals surface area contributed by atoms with E-state index in [0.717, 1.165) is 11.4 Å². The van der Waals surface area contributed by atoms with Gasteiger partial charge in [-0.3, -0.25) is 5.41 Å². The molecule has 0 aromatic heterocycles. The van der Waals surface area contributed by atoms with Gasteiger partial charge in [0.2, 0.25) is 0 Å². The summed E-state index contributed by atoms with van der Waals surface area (Å²) < 4.78 is 28.5. The SMILES string of the molecule is Br.COc1ccc(N2C(=N)SC3CS(=O)(=O)CC32)cc1. The van der Waals surface area contributed by atoms with E-state index in [1.165, 1.54) is 11.8 Å².